The molecular weight excluding hydrogens is 530 g/mol. The molecule has 0 radical (unpaired) electrons. The number of ether oxygens (including phenoxy) is 1. The molecule has 0 unspecified atom stereocenters. The first-order valence-corrected chi connectivity index (χ1v) is 11.9. The number of non-ortho nitro benzene ring substituents is 1. The van der Waals surface area contributed by atoms with Crippen LogP contribution in [0.3, 0.4) is 0 Å². The molecule has 3 aromatic carbocycles. The number of carbonyl (C=O) groups is 1. The summed E-state index contributed by atoms with van der Waals surface area (Å²) in [5, 5.41) is 14.9. The fourth-order valence-corrected chi connectivity index (χ4v) is 4.18. The number of nitrogens with zero attached hydrogens (tertiary/aromatic N) is 2. The number of rotatable bonds is 9. The zero-order valence-corrected chi connectivity index (χ0v) is 20.1. The Kier molecular flexibility index (Phi) is 7.97. The van der Waals surface area contributed by atoms with Gasteiger partial charge in [-0.1, -0.05) is 18.2 Å². The van der Waals surface area contributed by atoms with Crippen LogP contribution in [0.1, 0.15) is 22.8 Å². The van der Waals surface area contributed by atoms with Crippen LogP contribution in [0, 0.1) is 10.1 Å². The minimum Gasteiger partial charge on any atom is -0.490 e. The second kappa shape index (κ2) is 10.9. The van der Waals surface area contributed by atoms with Crippen molar-refractivity contribution in [3.8, 4) is 11.5 Å². The summed E-state index contributed by atoms with van der Waals surface area (Å²) in [6.45, 7) is 1.92. The van der Waals surface area contributed by atoms with Crippen molar-refractivity contribution in [2.75, 3.05) is 6.61 Å². The number of nitrogens with one attached hydrogen (secondary N) is 1. The molecule has 3 rings (SSSR count). The quantitative estimate of drug-likeness (QED) is 0.182. The van der Waals surface area contributed by atoms with E-state index in [4.69, 9.17) is 8.92 Å². The molecule has 34 heavy (non-hydrogen) atoms. The first-order chi connectivity index (χ1) is 16.2. The van der Waals surface area contributed by atoms with E-state index in [0.717, 1.165) is 6.07 Å². The maximum atomic E-state index is 12.6. The fraction of sp³-hybridized carbons (Fsp3) is 0.0909. The number of hydrogen-bond donors (Lipinski definition) is 1. The van der Waals surface area contributed by atoms with Crippen LogP contribution in [0.5, 0.6) is 11.5 Å². The monoisotopic (exact) mass is 547 g/mol. The van der Waals surface area contributed by atoms with Crippen LogP contribution >= 0.6 is 15.9 Å². The summed E-state index contributed by atoms with van der Waals surface area (Å²) < 4.78 is 36.6. The van der Waals surface area contributed by atoms with Gasteiger partial charge in [0.2, 0.25) is 0 Å². The number of hydrogen-bond acceptors (Lipinski definition) is 8. The Morgan fingerprint density at radius 2 is 1.88 bits per heavy atom. The Hall–Kier alpha value is -3.77. The second-order valence-corrected chi connectivity index (χ2v) is 9.01. The van der Waals surface area contributed by atoms with Crippen molar-refractivity contribution in [3.63, 3.8) is 0 Å². The van der Waals surface area contributed by atoms with Crippen LogP contribution in [-0.4, -0.2) is 32.1 Å². The number of hydrazone groups is 1. The molecular formula is C22H18BrN3O7S. The minimum atomic E-state index is -4.37. The minimum absolute atomic E-state index is 0.109. The SMILES string of the molecule is CCOc1cc(/C=N\NC(=O)c2ccccc2Br)ccc1OS(=O)(=O)c1cccc([N+](=O)[O-])c1. The molecule has 3 aromatic rings. The first-order valence-electron chi connectivity index (χ1n) is 9.75. The summed E-state index contributed by atoms with van der Waals surface area (Å²) in [5.41, 5.74) is 2.93. The lowest BCUT2D eigenvalue weighted by atomic mass is 10.2. The van der Waals surface area contributed by atoms with E-state index in [1.165, 1.54) is 42.6 Å². The van der Waals surface area contributed by atoms with Gasteiger partial charge < -0.3 is 8.92 Å². The first kappa shape index (κ1) is 24.9. The Morgan fingerprint density at radius 1 is 1.12 bits per heavy atom. The standard InChI is InChI=1S/C22H18BrN3O7S/c1-2-32-21-12-15(14-24-25-22(27)18-8-3-4-9-19(18)23)10-11-20(21)33-34(30,31)17-7-5-6-16(13-17)26(28)29/h3-14H,2H2,1H3,(H,25,27)/b24-14-. The van der Waals surface area contributed by atoms with Crippen LogP contribution in [0.2, 0.25) is 0 Å². The van der Waals surface area contributed by atoms with E-state index >= 15 is 0 Å². The molecule has 10 nitrogen and oxygen atoms in total. The number of halogens is 1. The smallest absolute Gasteiger partial charge is 0.339 e. The number of nitro benzene ring substituents is 1. The van der Waals surface area contributed by atoms with Crippen LogP contribution in [0.4, 0.5) is 5.69 Å². The third-order valence-electron chi connectivity index (χ3n) is 4.28. The molecule has 0 aliphatic rings. The van der Waals surface area contributed by atoms with Crippen molar-refractivity contribution in [1.29, 1.82) is 0 Å². The normalized spacial score (nSPS) is 11.2. The third-order valence-corrected chi connectivity index (χ3v) is 6.20. The molecule has 0 saturated carbocycles. The molecule has 0 aliphatic carbocycles. The molecule has 0 saturated heterocycles. The van der Waals surface area contributed by atoms with E-state index in [1.807, 2.05) is 0 Å². The predicted octanol–water partition coefficient (Wildman–Crippen LogP) is 4.29. The van der Waals surface area contributed by atoms with Gasteiger partial charge in [0.1, 0.15) is 4.90 Å². The number of nitro groups is 1. The molecule has 0 spiro atoms. The summed E-state index contributed by atoms with van der Waals surface area (Å²) in [4.78, 5) is 22.1. The van der Waals surface area contributed by atoms with Gasteiger partial charge in [0, 0.05) is 16.6 Å². The Labute approximate surface area is 203 Å². The van der Waals surface area contributed by atoms with Crippen molar-refractivity contribution < 1.29 is 27.1 Å². The van der Waals surface area contributed by atoms with Gasteiger partial charge in [-0.05, 0) is 64.8 Å². The summed E-state index contributed by atoms with van der Waals surface area (Å²) >= 11 is 3.29. The highest BCUT2D eigenvalue weighted by molar-refractivity contribution is 9.10. The van der Waals surface area contributed by atoms with E-state index in [0.29, 0.717) is 15.6 Å². The van der Waals surface area contributed by atoms with Gasteiger partial charge >= 0.3 is 10.1 Å². The fourth-order valence-electron chi connectivity index (χ4n) is 2.73. The number of benzene rings is 3. The predicted molar refractivity (Wildman–Crippen MR) is 128 cm³/mol. The van der Waals surface area contributed by atoms with Gasteiger partial charge in [0.25, 0.3) is 11.6 Å². The zero-order valence-electron chi connectivity index (χ0n) is 17.7. The molecule has 176 valence electrons. The molecule has 0 bridgehead atoms. The topological polar surface area (TPSA) is 137 Å². The van der Waals surface area contributed by atoms with Gasteiger partial charge in [0.05, 0.1) is 23.3 Å². The summed E-state index contributed by atoms with van der Waals surface area (Å²) in [6.07, 6.45) is 1.36. The van der Waals surface area contributed by atoms with E-state index in [9.17, 15) is 23.3 Å². The molecule has 0 atom stereocenters. The van der Waals surface area contributed by atoms with Crippen LogP contribution in [0.15, 0.2) is 81.2 Å². The summed E-state index contributed by atoms with van der Waals surface area (Å²) in [7, 11) is -4.37. The van der Waals surface area contributed by atoms with Crippen molar-refractivity contribution in [1.82, 2.24) is 5.43 Å². The van der Waals surface area contributed by atoms with Gasteiger partial charge in [-0.15, -0.1) is 0 Å². The summed E-state index contributed by atoms with van der Waals surface area (Å²) in [6, 6.07) is 15.7. The Bertz CT molecular complexity index is 1360. The van der Waals surface area contributed by atoms with Gasteiger partial charge in [-0.3, -0.25) is 14.9 Å². The lowest BCUT2D eigenvalue weighted by molar-refractivity contribution is -0.385. The Balaban J connectivity index is 1.79. The van der Waals surface area contributed by atoms with Crippen molar-refractivity contribution in [2.45, 2.75) is 11.8 Å². The highest BCUT2D eigenvalue weighted by atomic mass is 79.9. The molecule has 0 aromatic heterocycles. The van der Waals surface area contributed by atoms with Gasteiger partial charge in [-0.2, -0.15) is 13.5 Å². The van der Waals surface area contributed by atoms with Crippen LogP contribution in [-0.2, 0) is 10.1 Å². The average Bonchev–Trinajstić information content (AvgIpc) is 2.81. The van der Waals surface area contributed by atoms with Crippen LogP contribution in [0.25, 0.3) is 0 Å². The van der Waals surface area contributed by atoms with Gasteiger partial charge in [-0.25, -0.2) is 5.43 Å². The van der Waals surface area contributed by atoms with E-state index in [-0.39, 0.29) is 28.7 Å². The van der Waals surface area contributed by atoms with Gasteiger partial charge in [0.15, 0.2) is 11.5 Å². The largest absolute Gasteiger partial charge is 0.490 e. The average molecular weight is 548 g/mol. The van der Waals surface area contributed by atoms with Crippen molar-refractivity contribution in [2.24, 2.45) is 5.10 Å². The molecule has 1 N–H and O–H groups in total. The molecule has 0 heterocycles. The third kappa shape index (κ3) is 6.17. The van der Waals surface area contributed by atoms with E-state index in [2.05, 4.69) is 26.5 Å². The lowest BCUT2D eigenvalue weighted by Crippen LogP contribution is -2.18. The lowest BCUT2D eigenvalue weighted by Gasteiger charge is -2.12. The molecule has 0 fully saturated rings. The number of carbonyl (C=O) groups excluding carboxylic acids is 1. The highest BCUT2D eigenvalue weighted by Gasteiger charge is 2.22. The molecule has 1 amide bonds. The zero-order chi connectivity index (χ0) is 24.7. The highest BCUT2D eigenvalue weighted by Crippen LogP contribution is 2.31. The molecule has 0 aliphatic heterocycles. The Morgan fingerprint density at radius 3 is 2.59 bits per heavy atom. The van der Waals surface area contributed by atoms with E-state index < -0.39 is 20.9 Å². The maximum absolute atomic E-state index is 12.6. The van der Waals surface area contributed by atoms with E-state index in [1.54, 1.807) is 31.2 Å². The van der Waals surface area contributed by atoms with Crippen molar-refractivity contribution >= 4 is 43.9 Å². The molecule has 12 heteroatoms. The summed E-state index contributed by atoms with van der Waals surface area (Å²) in [5.74, 6) is -0.419. The second-order valence-electron chi connectivity index (χ2n) is 6.61. The number of amides is 1. The van der Waals surface area contributed by atoms with Crippen molar-refractivity contribution in [3.05, 3.63) is 92.4 Å². The maximum Gasteiger partial charge on any atom is 0.339 e. The van der Waals surface area contributed by atoms with Crippen LogP contribution < -0.4 is 14.3 Å².